The van der Waals surface area contributed by atoms with E-state index in [0.717, 1.165) is 17.5 Å². The van der Waals surface area contributed by atoms with Crippen LogP contribution in [0.25, 0.3) is 21.8 Å². The van der Waals surface area contributed by atoms with Crippen LogP contribution in [0.1, 0.15) is 31.1 Å². The molecule has 0 aliphatic carbocycles. The van der Waals surface area contributed by atoms with Gasteiger partial charge in [0, 0.05) is 40.0 Å². The fourth-order valence-corrected chi connectivity index (χ4v) is 2.88. The molecule has 0 unspecified atom stereocenters. The third kappa shape index (κ3) is 2.29. The van der Waals surface area contributed by atoms with Crippen LogP contribution in [0.3, 0.4) is 0 Å². The lowest BCUT2D eigenvalue weighted by atomic mass is 10.1. The van der Waals surface area contributed by atoms with E-state index in [-0.39, 0.29) is 11.9 Å². The van der Waals surface area contributed by atoms with Gasteiger partial charge in [-0.2, -0.15) is 0 Å². The van der Waals surface area contributed by atoms with E-state index in [2.05, 4.69) is 35.0 Å². The van der Waals surface area contributed by atoms with Crippen molar-refractivity contribution in [2.24, 2.45) is 0 Å². The highest BCUT2D eigenvalue weighted by Crippen LogP contribution is 2.29. The van der Waals surface area contributed by atoms with Gasteiger partial charge in [0.05, 0.1) is 0 Å². The van der Waals surface area contributed by atoms with E-state index in [1.54, 1.807) is 0 Å². The number of nitrogens with zero attached hydrogens (tertiary/aromatic N) is 1. The summed E-state index contributed by atoms with van der Waals surface area (Å²) < 4.78 is 2.29. The summed E-state index contributed by atoms with van der Waals surface area (Å²) in [7, 11) is 0. The van der Waals surface area contributed by atoms with Gasteiger partial charge in [-0.1, -0.05) is 18.2 Å². The van der Waals surface area contributed by atoms with Crippen molar-refractivity contribution in [1.82, 2.24) is 9.88 Å². The van der Waals surface area contributed by atoms with Crippen molar-refractivity contribution in [3.8, 4) is 0 Å². The Morgan fingerprint density at radius 3 is 2.52 bits per heavy atom. The Bertz CT molecular complexity index is 815. The molecular formula is C18H20N2O. The fourth-order valence-electron chi connectivity index (χ4n) is 2.88. The number of carbonyl (C=O) groups excluding carboxylic acids is 1. The van der Waals surface area contributed by atoms with Crippen LogP contribution in [0, 0.1) is 0 Å². The highest BCUT2D eigenvalue weighted by Gasteiger charge is 2.12. The maximum Gasteiger partial charge on any atom is 0.251 e. The van der Waals surface area contributed by atoms with Crippen LogP contribution >= 0.6 is 0 Å². The summed E-state index contributed by atoms with van der Waals surface area (Å²) in [6.07, 6.45) is 0. The van der Waals surface area contributed by atoms with Crippen molar-refractivity contribution in [3.05, 3.63) is 48.0 Å². The highest BCUT2D eigenvalue weighted by molar-refractivity contribution is 6.10. The molecule has 3 nitrogen and oxygen atoms in total. The summed E-state index contributed by atoms with van der Waals surface area (Å²) in [5, 5.41) is 5.29. The van der Waals surface area contributed by atoms with Crippen LogP contribution in [-0.2, 0) is 6.54 Å². The van der Waals surface area contributed by atoms with E-state index in [4.69, 9.17) is 0 Å². The van der Waals surface area contributed by atoms with E-state index in [9.17, 15) is 4.79 Å². The van der Waals surface area contributed by atoms with Gasteiger partial charge in [0.2, 0.25) is 0 Å². The maximum absolute atomic E-state index is 12.2. The molecule has 1 N–H and O–H groups in total. The van der Waals surface area contributed by atoms with Crippen LogP contribution in [0.2, 0.25) is 0 Å². The SMILES string of the molecule is CCn1c2ccccc2c2cc(C(=O)NC(C)C)ccc21. The lowest BCUT2D eigenvalue weighted by Crippen LogP contribution is -2.29. The predicted octanol–water partition coefficient (Wildman–Crippen LogP) is 3.95. The lowest BCUT2D eigenvalue weighted by Gasteiger charge is -2.08. The first-order valence-corrected chi connectivity index (χ1v) is 7.43. The average Bonchev–Trinajstić information content (AvgIpc) is 2.79. The number of aryl methyl sites for hydroxylation is 1. The van der Waals surface area contributed by atoms with Crippen molar-refractivity contribution in [2.75, 3.05) is 0 Å². The van der Waals surface area contributed by atoms with Crippen molar-refractivity contribution in [3.63, 3.8) is 0 Å². The number of fused-ring (bicyclic) bond motifs is 3. The van der Waals surface area contributed by atoms with Gasteiger partial charge in [0.15, 0.2) is 0 Å². The summed E-state index contributed by atoms with van der Waals surface area (Å²) in [4.78, 5) is 12.2. The molecule has 1 amide bonds. The molecule has 0 radical (unpaired) electrons. The first-order valence-electron chi connectivity index (χ1n) is 7.43. The third-order valence-corrected chi connectivity index (χ3v) is 3.77. The van der Waals surface area contributed by atoms with Crippen LogP contribution in [0.5, 0.6) is 0 Å². The monoisotopic (exact) mass is 280 g/mol. The van der Waals surface area contributed by atoms with Crippen LogP contribution in [0.15, 0.2) is 42.5 Å². The number of aromatic nitrogens is 1. The van der Waals surface area contributed by atoms with Gasteiger partial charge >= 0.3 is 0 Å². The summed E-state index contributed by atoms with van der Waals surface area (Å²) in [5.41, 5.74) is 3.12. The minimum Gasteiger partial charge on any atom is -0.350 e. The number of rotatable bonds is 3. The molecule has 1 aromatic heterocycles. The van der Waals surface area contributed by atoms with Crippen molar-refractivity contribution in [1.29, 1.82) is 0 Å². The lowest BCUT2D eigenvalue weighted by molar-refractivity contribution is 0.0943. The Labute approximate surface area is 124 Å². The molecule has 0 atom stereocenters. The molecule has 0 aliphatic rings. The topological polar surface area (TPSA) is 34.0 Å². The van der Waals surface area contributed by atoms with Gasteiger partial charge in [-0.15, -0.1) is 0 Å². The molecule has 0 spiro atoms. The molecule has 108 valence electrons. The molecule has 3 heteroatoms. The summed E-state index contributed by atoms with van der Waals surface area (Å²) >= 11 is 0. The number of hydrogen-bond donors (Lipinski definition) is 1. The minimum absolute atomic E-state index is 0.0137. The van der Waals surface area contributed by atoms with E-state index in [0.29, 0.717) is 0 Å². The number of carbonyl (C=O) groups is 1. The quantitative estimate of drug-likeness (QED) is 0.774. The molecule has 0 aliphatic heterocycles. The van der Waals surface area contributed by atoms with Crippen LogP contribution < -0.4 is 5.32 Å². The number of benzene rings is 2. The van der Waals surface area contributed by atoms with E-state index in [1.807, 2.05) is 38.1 Å². The zero-order valence-electron chi connectivity index (χ0n) is 12.7. The molecule has 2 aromatic carbocycles. The second-order valence-corrected chi connectivity index (χ2v) is 5.62. The predicted molar refractivity (Wildman–Crippen MR) is 87.7 cm³/mol. The molecule has 3 aromatic rings. The van der Waals surface area contributed by atoms with Gasteiger partial charge in [0.25, 0.3) is 5.91 Å². The minimum atomic E-state index is -0.0137. The zero-order chi connectivity index (χ0) is 15.0. The van der Waals surface area contributed by atoms with Crippen molar-refractivity contribution < 1.29 is 4.79 Å². The first kappa shape index (κ1) is 13.7. The normalized spacial score (nSPS) is 11.4. The van der Waals surface area contributed by atoms with Crippen LogP contribution in [-0.4, -0.2) is 16.5 Å². The van der Waals surface area contributed by atoms with Gasteiger partial charge in [-0.25, -0.2) is 0 Å². The van der Waals surface area contributed by atoms with E-state index in [1.165, 1.54) is 16.4 Å². The molecular weight excluding hydrogens is 260 g/mol. The number of amides is 1. The van der Waals surface area contributed by atoms with Gasteiger partial charge < -0.3 is 9.88 Å². The average molecular weight is 280 g/mol. The fraction of sp³-hybridized carbons (Fsp3) is 0.278. The molecule has 0 saturated heterocycles. The second kappa shape index (κ2) is 5.24. The summed E-state index contributed by atoms with van der Waals surface area (Å²) in [5.74, 6) is -0.0137. The van der Waals surface area contributed by atoms with Crippen molar-refractivity contribution >= 4 is 27.7 Å². The summed E-state index contributed by atoms with van der Waals surface area (Å²) in [6, 6.07) is 14.5. The summed E-state index contributed by atoms with van der Waals surface area (Å²) in [6.45, 7) is 7.01. The van der Waals surface area contributed by atoms with Gasteiger partial charge in [0.1, 0.15) is 0 Å². The van der Waals surface area contributed by atoms with Crippen LogP contribution in [0.4, 0.5) is 0 Å². The number of para-hydroxylation sites is 1. The molecule has 0 saturated carbocycles. The third-order valence-electron chi connectivity index (χ3n) is 3.77. The van der Waals surface area contributed by atoms with Gasteiger partial charge in [-0.3, -0.25) is 4.79 Å². The molecule has 21 heavy (non-hydrogen) atoms. The number of hydrogen-bond acceptors (Lipinski definition) is 1. The Kier molecular flexibility index (Phi) is 3.42. The number of nitrogens with one attached hydrogen (secondary N) is 1. The Hall–Kier alpha value is -2.29. The molecule has 3 rings (SSSR count). The second-order valence-electron chi connectivity index (χ2n) is 5.62. The Morgan fingerprint density at radius 1 is 1.10 bits per heavy atom. The first-order chi connectivity index (χ1) is 10.1. The van der Waals surface area contributed by atoms with Gasteiger partial charge in [-0.05, 0) is 45.0 Å². The van der Waals surface area contributed by atoms with E-state index < -0.39 is 0 Å². The molecule has 0 fully saturated rings. The standard InChI is InChI=1S/C18H20N2O/c1-4-20-16-8-6-5-7-14(16)15-11-13(9-10-17(15)20)18(21)19-12(2)3/h5-12H,4H2,1-3H3,(H,19,21). The Balaban J connectivity index is 2.22. The van der Waals surface area contributed by atoms with Crippen molar-refractivity contribution in [2.45, 2.75) is 33.4 Å². The maximum atomic E-state index is 12.2. The zero-order valence-corrected chi connectivity index (χ0v) is 12.7. The van der Waals surface area contributed by atoms with E-state index >= 15 is 0 Å². The highest BCUT2D eigenvalue weighted by atomic mass is 16.1. The Morgan fingerprint density at radius 2 is 1.81 bits per heavy atom. The smallest absolute Gasteiger partial charge is 0.251 e. The largest absolute Gasteiger partial charge is 0.350 e. The molecule has 1 heterocycles. The molecule has 0 bridgehead atoms.